The highest BCUT2D eigenvalue weighted by atomic mass is 32.1. The van der Waals surface area contributed by atoms with Gasteiger partial charge in [0, 0.05) is 16.3 Å². The van der Waals surface area contributed by atoms with E-state index in [0.717, 1.165) is 9.75 Å². The van der Waals surface area contributed by atoms with Crippen LogP contribution in [0.4, 0.5) is 0 Å². The first kappa shape index (κ1) is 14.7. The highest BCUT2D eigenvalue weighted by Crippen LogP contribution is 2.24. The maximum Gasteiger partial charge on any atom is 0.307 e. The van der Waals surface area contributed by atoms with Crippen LogP contribution >= 0.6 is 22.7 Å². The zero-order valence-corrected chi connectivity index (χ0v) is 12.6. The molecule has 0 aromatic carbocycles. The van der Waals surface area contributed by atoms with Gasteiger partial charge in [0.05, 0.1) is 19.6 Å². The molecule has 1 N–H and O–H groups in total. The van der Waals surface area contributed by atoms with Crippen molar-refractivity contribution in [2.45, 2.75) is 19.0 Å². The van der Waals surface area contributed by atoms with Gasteiger partial charge in [0.1, 0.15) is 10.9 Å². The molecule has 1 atom stereocenters. The monoisotopic (exact) mass is 306 g/mol. The Hall–Kier alpha value is -1.68. The van der Waals surface area contributed by atoms with Gasteiger partial charge in [-0.1, -0.05) is 6.07 Å². The van der Waals surface area contributed by atoms with Crippen LogP contribution in [0.3, 0.4) is 0 Å². The summed E-state index contributed by atoms with van der Waals surface area (Å²) in [5, 5.41) is 14.1. The first-order valence-electron chi connectivity index (χ1n) is 6.05. The molecule has 0 spiro atoms. The fraction of sp³-hybridized carbons (Fsp3) is 0.286. The number of carbonyl (C=O) groups excluding carboxylic acids is 1. The van der Waals surface area contributed by atoms with Crippen molar-refractivity contribution >= 4 is 28.6 Å². The fourth-order valence-corrected chi connectivity index (χ4v) is 3.33. The lowest BCUT2D eigenvalue weighted by Gasteiger charge is -2.15. The van der Waals surface area contributed by atoms with Crippen LogP contribution in [0, 0.1) is 11.3 Å². The van der Waals surface area contributed by atoms with Crippen LogP contribution in [0.2, 0.25) is 0 Å². The first-order valence-corrected chi connectivity index (χ1v) is 7.75. The van der Waals surface area contributed by atoms with Gasteiger partial charge in [-0.15, -0.1) is 22.7 Å². The van der Waals surface area contributed by atoms with E-state index in [1.807, 2.05) is 29.6 Å². The van der Waals surface area contributed by atoms with Gasteiger partial charge < -0.3 is 10.1 Å². The summed E-state index contributed by atoms with van der Waals surface area (Å²) >= 11 is 3.07. The summed E-state index contributed by atoms with van der Waals surface area (Å²) in [7, 11) is 1.40. The zero-order chi connectivity index (χ0) is 14.4. The highest BCUT2D eigenvalue weighted by molar-refractivity contribution is 7.12. The molecule has 2 aromatic rings. The summed E-state index contributed by atoms with van der Waals surface area (Å²) in [6.07, 6.45) is 0.299. The molecule has 0 aliphatic carbocycles. The van der Waals surface area contributed by atoms with Crippen molar-refractivity contribution in [1.82, 2.24) is 5.32 Å². The lowest BCUT2D eigenvalue weighted by Crippen LogP contribution is -2.23. The minimum atomic E-state index is -0.236. The van der Waals surface area contributed by atoms with Crippen LogP contribution in [0.25, 0.3) is 0 Å². The molecule has 0 saturated heterocycles. The number of thiophene rings is 2. The Morgan fingerprint density at radius 2 is 2.35 bits per heavy atom. The Labute approximate surface area is 125 Å². The SMILES string of the molecule is COC(=O)CC(NCc1ccc(C#N)s1)c1cccs1. The van der Waals surface area contributed by atoms with E-state index in [0.29, 0.717) is 17.8 Å². The van der Waals surface area contributed by atoms with E-state index >= 15 is 0 Å². The van der Waals surface area contributed by atoms with E-state index in [4.69, 9.17) is 10.00 Å². The number of rotatable bonds is 6. The zero-order valence-electron chi connectivity index (χ0n) is 11.0. The Morgan fingerprint density at radius 1 is 1.50 bits per heavy atom. The van der Waals surface area contributed by atoms with Crippen molar-refractivity contribution in [3.63, 3.8) is 0 Å². The van der Waals surface area contributed by atoms with Crippen LogP contribution in [0.1, 0.15) is 27.1 Å². The van der Waals surface area contributed by atoms with Crippen molar-refractivity contribution in [3.05, 3.63) is 44.3 Å². The second-order valence-electron chi connectivity index (χ2n) is 4.11. The minimum absolute atomic E-state index is 0.0601. The van der Waals surface area contributed by atoms with Gasteiger partial charge in [-0.25, -0.2) is 0 Å². The second-order valence-corrected chi connectivity index (χ2v) is 6.25. The van der Waals surface area contributed by atoms with Crippen molar-refractivity contribution in [2.24, 2.45) is 0 Å². The summed E-state index contributed by atoms with van der Waals surface area (Å²) in [6, 6.07) is 9.76. The number of ether oxygens (including phenoxy) is 1. The lowest BCUT2D eigenvalue weighted by atomic mass is 10.1. The molecule has 6 heteroatoms. The number of methoxy groups -OCH3 is 1. The van der Waals surface area contributed by atoms with Crippen LogP contribution in [0.5, 0.6) is 0 Å². The van der Waals surface area contributed by atoms with E-state index in [2.05, 4.69) is 11.4 Å². The lowest BCUT2D eigenvalue weighted by molar-refractivity contribution is -0.141. The molecule has 0 radical (unpaired) electrons. The van der Waals surface area contributed by atoms with E-state index in [-0.39, 0.29) is 12.0 Å². The minimum Gasteiger partial charge on any atom is -0.469 e. The number of esters is 1. The third-order valence-corrected chi connectivity index (χ3v) is 4.76. The average molecular weight is 306 g/mol. The number of nitriles is 1. The molecule has 20 heavy (non-hydrogen) atoms. The molecule has 2 heterocycles. The van der Waals surface area contributed by atoms with Crippen LogP contribution in [-0.4, -0.2) is 13.1 Å². The normalized spacial score (nSPS) is 11.8. The molecule has 2 aromatic heterocycles. The Balaban J connectivity index is 2.00. The third kappa shape index (κ3) is 3.90. The van der Waals surface area contributed by atoms with Gasteiger partial charge in [0.25, 0.3) is 0 Å². The van der Waals surface area contributed by atoms with Crippen LogP contribution < -0.4 is 5.32 Å². The molecule has 0 aliphatic heterocycles. The highest BCUT2D eigenvalue weighted by Gasteiger charge is 2.17. The Bertz CT molecular complexity index is 599. The number of hydrogen-bond acceptors (Lipinski definition) is 6. The molecular weight excluding hydrogens is 292 g/mol. The maximum absolute atomic E-state index is 11.5. The van der Waals surface area contributed by atoms with Gasteiger partial charge in [-0.2, -0.15) is 5.26 Å². The number of nitrogens with one attached hydrogen (secondary N) is 1. The second kappa shape index (κ2) is 7.20. The standard InChI is InChI=1S/C14H14N2O2S2/c1-18-14(17)7-12(13-3-2-6-19-13)16-9-11-5-4-10(8-15)20-11/h2-6,12,16H,7,9H2,1H3. The number of hydrogen-bond donors (Lipinski definition) is 1. The van der Waals surface area contributed by atoms with E-state index in [9.17, 15) is 4.79 Å². The predicted octanol–water partition coefficient (Wildman–Crippen LogP) is 3.08. The van der Waals surface area contributed by atoms with Crippen molar-refractivity contribution < 1.29 is 9.53 Å². The number of carbonyl (C=O) groups is 1. The first-order chi connectivity index (χ1) is 9.72. The van der Waals surface area contributed by atoms with Crippen molar-refractivity contribution in [3.8, 4) is 6.07 Å². The van der Waals surface area contributed by atoms with Crippen LogP contribution in [-0.2, 0) is 16.1 Å². The van der Waals surface area contributed by atoms with Gasteiger partial charge in [-0.3, -0.25) is 4.79 Å². The molecule has 4 nitrogen and oxygen atoms in total. The maximum atomic E-state index is 11.5. The average Bonchev–Trinajstić information content (AvgIpc) is 3.13. The number of nitrogens with zero attached hydrogens (tertiary/aromatic N) is 1. The quantitative estimate of drug-likeness (QED) is 0.833. The predicted molar refractivity (Wildman–Crippen MR) is 79.6 cm³/mol. The molecule has 1 unspecified atom stereocenters. The van der Waals surface area contributed by atoms with Gasteiger partial charge in [0.2, 0.25) is 0 Å². The molecule has 0 aliphatic rings. The third-order valence-electron chi connectivity index (χ3n) is 2.78. The molecule has 0 bridgehead atoms. The summed E-state index contributed by atoms with van der Waals surface area (Å²) in [5.74, 6) is -0.236. The summed E-state index contributed by atoms with van der Waals surface area (Å²) in [5.41, 5.74) is 0. The largest absolute Gasteiger partial charge is 0.469 e. The van der Waals surface area contributed by atoms with Gasteiger partial charge in [-0.05, 0) is 23.6 Å². The van der Waals surface area contributed by atoms with Crippen molar-refractivity contribution in [2.75, 3.05) is 7.11 Å². The molecule has 2 rings (SSSR count). The van der Waals surface area contributed by atoms with Gasteiger partial charge >= 0.3 is 5.97 Å². The fourth-order valence-electron chi connectivity index (χ4n) is 1.77. The smallest absolute Gasteiger partial charge is 0.307 e. The van der Waals surface area contributed by atoms with Crippen molar-refractivity contribution in [1.29, 1.82) is 5.26 Å². The van der Waals surface area contributed by atoms with E-state index < -0.39 is 0 Å². The van der Waals surface area contributed by atoms with E-state index in [1.165, 1.54) is 18.4 Å². The summed E-state index contributed by atoms with van der Waals surface area (Å²) in [4.78, 5) is 14.4. The summed E-state index contributed by atoms with van der Waals surface area (Å²) < 4.78 is 4.74. The molecular formula is C14H14N2O2S2. The topological polar surface area (TPSA) is 62.1 Å². The van der Waals surface area contributed by atoms with E-state index in [1.54, 1.807) is 11.3 Å². The molecule has 0 fully saturated rings. The summed E-state index contributed by atoms with van der Waals surface area (Å²) in [6.45, 7) is 0.631. The Kier molecular flexibility index (Phi) is 5.30. The molecule has 0 saturated carbocycles. The molecule has 0 amide bonds. The molecule has 104 valence electrons. The van der Waals surface area contributed by atoms with Gasteiger partial charge in [0.15, 0.2) is 0 Å². The Morgan fingerprint density at radius 3 is 2.95 bits per heavy atom. The van der Waals surface area contributed by atoms with Crippen LogP contribution in [0.15, 0.2) is 29.6 Å².